The van der Waals surface area contributed by atoms with E-state index in [0.717, 1.165) is 29.5 Å². The molecule has 1 amide bonds. The predicted octanol–water partition coefficient (Wildman–Crippen LogP) is 5.06. The highest BCUT2D eigenvalue weighted by atomic mass is 16.5. The molecule has 1 fully saturated rings. The molecule has 0 aliphatic heterocycles. The number of hydrogen-bond donors (Lipinski definition) is 1. The van der Waals surface area contributed by atoms with Crippen LogP contribution in [0.4, 0.5) is 4.79 Å². The Hall–Kier alpha value is -2.11. The summed E-state index contributed by atoms with van der Waals surface area (Å²) >= 11 is 0. The van der Waals surface area contributed by atoms with Crippen molar-refractivity contribution in [2.75, 3.05) is 27.4 Å². The van der Waals surface area contributed by atoms with Gasteiger partial charge >= 0.3 is 6.09 Å². The Labute approximate surface area is 168 Å². The second-order valence-electron chi connectivity index (χ2n) is 8.37. The van der Waals surface area contributed by atoms with E-state index in [1.807, 2.05) is 24.3 Å². The SMILES string of the molecule is COCC=Cc1cc(C=CCOC)cc(CN(C(=O)O)C2(C(C)(C)C)CC2)c1. The van der Waals surface area contributed by atoms with Crippen molar-refractivity contribution < 1.29 is 19.4 Å². The molecule has 1 saturated carbocycles. The first-order valence-electron chi connectivity index (χ1n) is 9.69. The lowest BCUT2D eigenvalue weighted by molar-refractivity contribution is 0.0630. The maximum Gasteiger partial charge on any atom is 0.408 e. The van der Waals surface area contributed by atoms with E-state index in [0.29, 0.717) is 19.8 Å². The van der Waals surface area contributed by atoms with Crippen molar-refractivity contribution in [3.05, 3.63) is 47.0 Å². The molecule has 1 N–H and O–H groups in total. The quantitative estimate of drug-likeness (QED) is 0.643. The highest BCUT2D eigenvalue weighted by Gasteiger charge is 2.57. The van der Waals surface area contributed by atoms with Crippen molar-refractivity contribution >= 4 is 18.2 Å². The third kappa shape index (κ3) is 5.46. The fourth-order valence-electron chi connectivity index (χ4n) is 3.72. The number of methoxy groups -OCH3 is 2. The van der Waals surface area contributed by atoms with Gasteiger partial charge in [-0.05, 0) is 53.1 Å². The average Bonchev–Trinajstić information content (AvgIpc) is 3.41. The van der Waals surface area contributed by atoms with Crippen LogP contribution in [0.2, 0.25) is 0 Å². The summed E-state index contributed by atoms with van der Waals surface area (Å²) in [5.41, 5.74) is 2.65. The van der Waals surface area contributed by atoms with Crippen LogP contribution in [0.15, 0.2) is 30.4 Å². The third-order valence-electron chi connectivity index (χ3n) is 5.39. The molecule has 5 heteroatoms. The summed E-state index contributed by atoms with van der Waals surface area (Å²) in [6.45, 7) is 7.82. The van der Waals surface area contributed by atoms with Gasteiger partial charge in [0.25, 0.3) is 0 Å². The van der Waals surface area contributed by atoms with E-state index >= 15 is 0 Å². The Kier molecular flexibility index (Phi) is 7.44. The van der Waals surface area contributed by atoms with Gasteiger partial charge in [-0.1, -0.05) is 45.1 Å². The summed E-state index contributed by atoms with van der Waals surface area (Å²) in [6.07, 6.45) is 8.88. The van der Waals surface area contributed by atoms with Gasteiger partial charge in [-0.3, -0.25) is 4.90 Å². The Morgan fingerprint density at radius 2 is 1.57 bits per heavy atom. The third-order valence-corrected chi connectivity index (χ3v) is 5.39. The van der Waals surface area contributed by atoms with Gasteiger partial charge in [-0.2, -0.15) is 0 Å². The molecule has 28 heavy (non-hydrogen) atoms. The number of carboxylic acid groups (broad SMARTS) is 1. The van der Waals surface area contributed by atoms with Crippen molar-refractivity contribution in [3.8, 4) is 0 Å². The zero-order chi connectivity index (χ0) is 20.8. The van der Waals surface area contributed by atoms with E-state index in [-0.39, 0.29) is 11.0 Å². The van der Waals surface area contributed by atoms with E-state index in [1.54, 1.807) is 19.1 Å². The van der Waals surface area contributed by atoms with Crippen molar-refractivity contribution in [1.82, 2.24) is 4.90 Å². The molecular weight excluding hydrogens is 354 g/mol. The molecule has 1 aromatic rings. The molecule has 1 aromatic carbocycles. The highest BCUT2D eigenvalue weighted by Crippen LogP contribution is 2.54. The standard InChI is InChI=1S/C23H33NO4/c1-22(2,3)23(10-11-23)24(21(25)26)17-20-15-18(8-6-12-27-4)14-19(16-20)9-7-13-28-5/h6-9,14-16H,10-13,17H2,1-5H3,(H,25,26). The fraction of sp³-hybridized carbons (Fsp3) is 0.522. The Bertz CT molecular complexity index is 692. The van der Waals surface area contributed by atoms with Crippen LogP contribution in [0.25, 0.3) is 12.2 Å². The first kappa shape index (κ1) is 22.2. The number of ether oxygens (including phenoxy) is 2. The summed E-state index contributed by atoms with van der Waals surface area (Å²) in [7, 11) is 3.32. The number of benzene rings is 1. The van der Waals surface area contributed by atoms with Crippen LogP contribution in [0, 0.1) is 5.41 Å². The van der Waals surface area contributed by atoms with Gasteiger partial charge < -0.3 is 14.6 Å². The average molecular weight is 388 g/mol. The molecule has 2 rings (SSSR count). The molecule has 0 heterocycles. The largest absolute Gasteiger partial charge is 0.465 e. The lowest BCUT2D eigenvalue weighted by atomic mass is 9.82. The van der Waals surface area contributed by atoms with E-state index in [1.165, 1.54) is 0 Å². The van der Waals surface area contributed by atoms with Crippen molar-refractivity contribution in [3.63, 3.8) is 0 Å². The van der Waals surface area contributed by atoms with Crippen LogP contribution in [-0.4, -0.2) is 49.1 Å². The number of carbonyl (C=O) groups is 1. The first-order valence-corrected chi connectivity index (χ1v) is 9.69. The Morgan fingerprint density at radius 3 is 1.93 bits per heavy atom. The van der Waals surface area contributed by atoms with Gasteiger partial charge in [0.1, 0.15) is 0 Å². The molecular formula is C23H33NO4. The van der Waals surface area contributed by atoms with Gasteiger partial charge in [0.15, 0.2) is 0 Å². The summed E-state index contributed by atoms with van der Waals surface area (Å²) in [4.78, 5) is 13.7. The second-order valence-corrected chi connectivity index (χ2v) is 8.37. The molecule has 0 atom stereocenters. The van der Waals surface area contributed by atoms with E-state index in [2.05, 4.69) is 39.0 Å². The minimum Gasteiger partial charge on any atom is -0.465 e. The fourth-order valence-corrected chi connectivity index (χ4v) is 3.72. The van der Waals surface area contributed by atoms with Crippen molar-refractivity contribution in [2.24, 2.45) is 5.41 Å². The van der Waals surface area contributed by atoms with Crippen LogP contribution >= 0.6 is 0 Å². The lowest BCUT2D eigenvalue weighted by Crippen LogP contribution is -2.48. The summed E-state index contributed by atoms with van der Waals surface area (Å²) in [6, 6.07) is 6.17. The van der Waals surface area contributed by atoms with Gasteiger partial charge in [-0.15, -0.1) is 0 Å². The Morgan fingerprint density at radius 1 is 1.07 bits per heavy atom. The number of nitrogens with zero attached hydrogens (tertiary/aromatic N) is 1. The zero-order valence-electron chi connectivity index (χ0n) is 17.7. The molecule has 5 nitrogen and oxygen atoms in total. The molecule has 1 aliphatic rings. The van der Waals surface area contributed by atoms with Crippen LogP contribution in [0.3, 0.4) is 0 Å². The Balaban J connectivity index is 2.34. The topological polar surface area (TPSA) is 59.0 Å². The first-order chi connectivity index (χ1) is 13.2. The lowest BCUT2D eigenvalue weighted by Gasteiger charge is -2.39. The predicted molar refractivity (Wildman–Crippen MR) is 113 cm³/mol. The maximum atomic E-state index is 12.1. The molecule has 154 valence electrons. The minimum atomic E-state index is -0.857. The van der Waals surface area contributed by atoms with Gasteiger partial charge in [-0.25, -0.2) is 4.79 Å². The summed E-state index contributed by atoms with van der Waals surface area (Å²) < 4.78 is 10.2. The number of rotatable bonds is 9. The molecule has 0 spiro atoms. The molecule has 0 radical (unpaired) electrons. The molecule has 1 aliphatic carbocycles. The second kappa shape index (κ2) is 9.39. The van der Waals surface area contributed by atoms with E-state index in [9.17, 15) is 9.90 Å². The van der Waals surface area contributed by atoms with Crippen molar-refractivity contribution in [2.45, 2.75) is 45.7 Å². The van der Waals surface area contributed by atoms with E-state index < -0.39 is 6.09 Å². The zero-order valence-corrected chi connectivity index (χ0v) is 17.7. The normalized spacial score (nSPS) is 16.0. The number of hydrogen-bond acceptors (Lipinski definition) is 3. The van der Waals surface area contributed by atoms with Crippen LogP contribution in [0.5, 0.6) is 0 Å². The van der Waals surface area contributed by atoms with Gasteiger partial charge in [0.2, 0.25) is 0 Å². The van der Waals surface area contributed by atoms with Crippen molar-refractivity contribution in [1.29, 1.82) is 0 Å². The summed E-state index contributed by atoms with van der Waals surface area (Å²) in [5.74, 6) is 0. The molecule has 0 aromatic heterocycles. The maximum absolute atomic E-state index is 12.1. The monoisotopic (exact) mass is 387 g/mol. The minimum absolute atomic E-state index is 0.0947. The van der Waals surface area contributed by atoms with Gasteiger partial charge in [0, 0.05) is 20.8 Å². The van der Waals surface area contributed by atoms with E-state index in [4.69, 9.17) is 9.47 Å². The smallest absolute Gasteiger partial charge is 0.408 e. The molecule has 0 bridgehead atoms. The van der Waals surface area contributed by atoms with Crippen LogP contribution in [0.1, 0.15) is 50.3 Å². The summed E-state index contributed by atoms with van der Waals surface area (Å²) in [5, 5.41) is 9.92. The van der Waals surface area contributed by atoms with Gasteiger partial charge in [0.05, 0.1) is 18.8 Å². The molecule has 0 saturated heterocycles. The van der Waals surface area contributed by atoms with Crippen LogP contribution < -0.4 is 0 Å². The van der Waals surface area contributed by atoms with Crippen LogP contribution in [-0.2, 0) is 16.0 Å². The number of amides is 1. The highest BCUT2D eigenvalue weighted by molar-refractivity contribution is 5.68. The molecule has 0 unspecified atom stereocenters.